The van der Waals surface area contributed by atoms with Gasteiger partial charge in [0, 0.05) is 12.1 Å². The summed E-state index contributed by atoms with van der Waals surface area (Å²) in [6.45, 7) is 5.11. The van der Waals surface area contributed by atoms with Gasteiger partial charge in [0.1, 0.15) is 17.2 Å². The molecule has 2 aromatic rings. The normalized spacial score (nSPS) is 10.3. The van der Waals surface area contributed by atoms with Crippen molar-refractivity contribution >= 4 is 0 Å². The van der Waals surface area contributed by atoms with Gasteiger partial charge in [0.15, 0.2) is 0 Å². The van der Waals surface area contributed by atoms with Crippen LogP contribution in [0.5, 0.6) is 17.2 Å². The summed E-state index contributed by atoms with van der Waals surface area (Å²) in [5.41, 5.74) is 7.83. The third-order valence-electron chi connectivity index (χ3n) is 2.87. The Kier molecular flexibility index (Phi) is 4.42. The Hall–Kier alpha value is -2.00. The average Bonchev–Trinajstić information content (AvgIpc) is 2.43. The molecule has 0 saturated carbocycles. The van der Waals surface area contributed by atoms with Gasteiger partial charge in [-0.3, -0.25) is 0 Å². The summed E-state index contributed by atoms with van der Waals surface area (Å²) in [4.78, 5) is 0. The van der Waals surface area contributed by atoms with E-state index in [0.717, 1.165) is 28.4 Å². The molecular weight excluding hydrogens is 238 g/mol. The van der Waals surface area contributed by atoms with Crippen LogP contribution in [0.15, 0.2) is 42.5 Å². The Morgan fingerprint density at radius 1 is 1.00 bits per heavy atom. The molecule has 0 aliphatic heterocycles. The van der Waals surface area contributed by atoms with Crippen molar-refractivity contribution in [3.05, 3.63) is 53.6 Å². The molecule has 0 radical (unpaired) electrons. The topological polar surface area (TPSA) is 44.5 Å². The van der Waals surface area contributed by atoms with Crippen molar-refractivity contribution in [3.8, 4) is 17.2 Å². The maximum atomic E-state index is 5.93. The number of rotatable bonds is 5. The van der Waals surface area contributed by atoms with E-state index in [1.807, 2.05) is 56.3 Å². The monoisotopic (exact) mass is 257 g/mol. The van der Waals surface area contributed by atoms with Crippen molar-refractivity contribution in [2.24, 2.45) is 5.73 Å². The molecule has 2 rings (SSSR count). The molecule has 0 heterocycles. The number of hydrogen-bond acceptors (Lipinski definition) is 3. The van der Waals surface area contributed by atoms with E-state index in [2.05, 4.69) is 0 Å². The minimum Gasteiger partial charge on any atom is -0.494 e. The number of aryl methyl sites for hydroxylation is 1. The van der Waals surface area contributed by atoms with Crippen LogP contribution in [0.3, 0.4) is 0 Å². The van der Waals surface area contributed by atoms with Gasteiger partial charge < -0.3 is 15.2 Å². The van der Waals surface area contributed by atoms with E-state index in [0.29, 0.717) is 13.2 Å². The molecular formula is C16H19NO2. The Bertz CT molecular complexity index is 535. The van der Waals surface area contributed by atoms with Crippen molar-refractivity contribution in [1.29, 1.82) is 0 Å². The fourth-order valence-electron chi connectivity index (χ4n) is 1.91. The standard InChI is InChI=1S/C16H19NO2/c1-3-18-14-7-9-15(10-8-14)19-16-12(2)5-4-6-13(16)11-17/h4-10H,3,11,17H2,1-2H3. The van der Waals surface area contributed by atoms with Crippen LogP contribution >= 0.6 is 0 Å². The molecule has 2 aromatic carbocycles. The molecule has 0 aromatic heterocycles. The number of para-hydroxylation sites is 1. The highest BCUT2D eigenvalue weighted by atomic mass is 16.5. The fraction of sp³-hybridized carbons (Fsp3) is 0.250. The molecule has 0 amide bonds. The minimum atomic E-state index is 0.466. The molecule has 19 heavy (non-hydrogen) atoms. The molecule has 2 N–H and O–H groups in total. The van der Waals surface area contributed by atoms with Gasteiger partial charge in [0.05, 0.1) is 6.61 Å². The van der Waals surface area contributed by atoms with Gasteiger partial charge in [-0.2, -0.15) is 0 Å². The van der Waals surface area contributed by atoms with E-state index < -0.39 is 0 Å². The van der Waals surface area contributed by atoms with E-state index in [-0.39, 0.29) is 0 Å². The first kappa shape index (κ1) is 13.4. The first-order valence-corrected chi connectivity index (χ1v) is 6.44. The van der Waals surface area contributed by atoms with Gasteiger partial charge in [0.25, 0.3) is 0 Å². The van der Waals surface area contributed by atoms with Gasteiger partial charge in [0.2, 0.25) is 0 Å². The summed E-state index contributed by atoms with van der Waals surface area (Å²) in [5.74, 6) is 2.47. The van der Waals surface area contributed by atoms with Gasteiger partial charge in [-0.05, 0) is 43.7 Å². The summed E-state index contributed by atoms with van der Waals surface area (Å²) in [5, 5.41) is 0. The third kappa shape index (κ3) is 3.26. The predicted octanol–water partition coefficient (Wildman–Crippen LogP) is 3.64. The van der Waals surface area contributed by atoms with E-state index in [9.17, 15) is 0 Å². The van der Waals surface area contributed by atoms with Gasteiger partial charge in [-0.15, -0.1) is 0 Å². The molecule has 3 heteroatoms. The van der Waals surface area contributed by atoms with Gasteiger partial charge >= 0.3 is 0 Å². The van der Waals surface area contributed by atoms with Crippen LogP contribution in [-0.4, -0.2) is 6.61 Å². The zero-order valence-electron chi connectivity index (χ0n) is 11.3. The molecule has 3 nitrogen and oxygen atoms in total. The number of benzene rings is 2. The summed E-state index contributed by atoms with van der Waals surface area (Å²) in [6, 6.07) is 13.6. The molecule has 0 unspecified atom stereocenters. The maximum Gasteiger partial charge on any atom is 0.134 e. The van der Waals surface area contributed by atoms with Crippen molar-refractivity contribution in [1.82, 2.24) is 0 Å². The van der Waals surface area contributed by atoms with Gasteiger partial charge in [-0.1, -0.05) is 18.2 Å². The summed E-state index contributed by atoms with van der Waals surface area (Å²) in [6.07, 6.45) is 0. The Morgan fingerprint density at radius 2 is 1.68 bits per heavy atom. The highest BCUT2D eigenvalue weighted by Crippen LogP contribution is 2.29. The number of ether oxygens (including phenoxy) is 2. The molecule has 0 bridgehead atoms. The molecule has 100 valence electrons. The molecule has 0 aliphatic carbocycles. The van der Waals surface area contributed by atoms with E-state index >= 15 is 0 Å². The second-order valence-electron chi connectivity index (χ2n) is 4.27. The fourth-order valence-corrected chi connectivity index (χ4v) is 1.91. The molecule has 0 fully saturated rings. The second kappa shape index (κ2) is 6.25. The summed E-state index contributed by atoms with van der Waals surface area (Å²) >= 11 is 0. The van der Waals surface area contributed by atoms with Crippen molar-refractivity contribution in [3.63, 3.8) is 0 Å². The van der Waals surface area contributed by atoms with E-state index in [1.54, 1.807) is 0 Å². The smallest absolute Gasteiger partial charge is 0.134 e. The third-order valence-corrected chi connectivity index (χ3v) is 2.87. The maximum absolute atomic E-state index is 5.93. The van der Waals surface area contributed by atoms with Crippen molar-refractivity contribution < 1.29 is 9.47 Å². The van der Waals surface area contributed by atoms with Crippen LogP contribution in [-0.2, 0) is 6.54 Å². The van der Waals surface area contributed by atoms with Crippen molar-refractivity contribution in [2.75, 3.05) is 6.61 Å². The van der Waals surface area contributed by atoms with Crippen LogP contribution in [0.25, 0.3) is 0 Å². The predicted molar refractivity (Wildman–Crippen MR) is 76.8 cm³/mol. The van der Waals surface area contributed by atoms with Gasteiger partial charge in [-0.25, -0.2) is 0 Å². The first-order chi connectivity index (χ1) is 9.24. The quantitative estimate of drug-likeness (QED) is 0.889. The first-order valence-electron chi connectivity index (χ1n) is 6.44. The summed E-state index contributed by atoms with van der Waals surface area (Å²) in [7, 11) is 0. The highest BCUT2D eigenvalue weighted by Gasteiger charge is 2.07. The lowest BCUT2D eigenvalue weighted by Gasteiger charge is -2.13. The van der Waals surface area contributed by atoms with E-state index in [4.69, 9.17) is 15.2 Å². The summed E-state index contributed by atoms with van der Waals surface area (Å²) < 4.78 is 11.3. The molecule has 0 spiro atoms. The lowest BCUT2D eigenvalue weighted by atomic mass is 10.1. The Morgan fingerprint density at radius 3 is 2.32 bits per heavy atom. The van der Waals surface area contributed by atoms with E-state index in [1.165, 1.54) is 0 Å². The number of nitrogens with two attached hydrogens (primary N) is 1. The Labute approximate surface area is 114 Å². The molecule has 0 aliphatic rings. The lowest BCUT2D eigenvalue weighted by molar-refractivity contribution is 0.339. The highest BCUT2D eigenvalue weighted by molar-refractivity contribution is 5.44. The zero-order chi connectivity index (χ0) is 13.7. The SMILES string of the molecule is CCOc1ccc(Oc2c(C)cccc2CN)cc1. The molecule has 0 atom stereocenters. The van der Waals surface area contributed by atoms with Crippen LogP contribution in [0.4, 0.5) is 0 Å². The van der Waals surface area contributed by atoms with Crippen molar-refractivity contribution in [2.45, 2.75) is 20.4 Å². The minimum absolute atomic E-state index is 0.466. The average molecular weight is 257 g/mol. The largest absolute Gasteiger partial charge is 0.494 e. The van der Waals surface area contributed by atoms with Crippen LogP contribution < -0.4 is 15.2 Å². The van der Waals surface area contributed by atoms with Crippen LogP contribution in [0.1, 0.15) is 18.1 Å². The lowest BCUT2D eigenvalue weighted by Crippen LogP contribution is -2.00. The Balaban J connectivity index is 2.21. The number of hydrogen-bond donors (Lipinski definition) is 1. The second-order valence-corrected chi connectivity index (χ2v) is 4.27. The van der Waals surface area contributed by atoms with Crippen LogP contribution in [0, 0.1) is 6.92 Å². The zero-order valence-corrected chi connectivity index (χ0v) is 11.3. The molecule has 0 saturated heterocycles. The van der Waals surface area contributed by atoms with Crippen LogP contribution in [0.2, 0.25) is 0 Å².